The average molecular weight is 403 g/mol. The summed E-state index contributed by atoms with van der Waals surface area (Å²) in [5, 5.41) is 3.42. The minimum Gasteiger partial charge on any atom is -0.350 e. The SMILES string of the molecule is Cc1ccc(CNC(=O)CCn2cnc3ccc(Br)cc3c2=O)n1C. The fourth-order valence-corrected chi connectivity index (χ4v) is 3.00. The number of hydrogen-bond donors (Lipinski definition) is 1. The lowest BCUT2D eigenvalue weighted by molar-refractivity contribution is -0.121. The molecule has 0 atom stereocenters. The molecule has 0 aliphatic heterocycles. The minimum absolute atomic E-state index is 0.0971. The molecule has 2 aromatic heterocycles. The van der Waals surface area contributed by atoms with Crippen LogP contribution in [-0.4, -0.2) is 20.0 Å². The van der Waals surface area contributed by atoms with Gasteiger partial charge in [0.15, 0.2) is 0 Å². The first-order valence-electron chi connectivity index (χ1n) is 7.98. The molecular formula is C18H19BrN4O2. The fraction of sp³-hybridized carbons (Fsp3) is 0.278. The Morgan fingerprint density at radius 1 is 1.28 bits per heavy atom. The second-order valence-electron chi connectivity index (χ2n) is 5.96. The number of nitrogens with zero attached hydrogens (tertiary/aromatic N) is 3. The number of hydrogen-bond acceptors (Lipinski definition) is 3. The molecule has 1 amide bonds. The first-order chi connectivity index (χ1) is 12.0. The van der Waals surface area contributed by atoms with E-state index in [-0.39, 0.29) is 17.9 Å². The quantitative estimate of drug-likeness (QED) is 0.712. The highest BCUT2D eigenvalue weighted by Crippen LogP contribution is 2.14. The highest BCUT2D eigenvalue weighted by molar-refractivity contribution is 9.10. The average Bonchev–Trinajstić information content (AvgIpc) is 2.91. The lowest BCUT2D eigenvalue weighted by Crippen LogP contribution is -2.28. The summed E-state index contributed by atoms with van der Waals surface area (Å²) in [7, 11) is 1.97. The fourth-order valence-electron chi connectivity index (χ4n) is 2.63. The van der Waals surface area contributed by atoms with E-state index in [0.29, 0.717) is 24.0 Å². The predicted molar refractivity (Wildman–Crippen MR) is 100 cm³/mol. The largest absolute Gasteiger partial charge is 0.350 e. The Morgan fingerprint density at radius 2 is 2.08 bits per heavy atom. The lowest BCUT2D eigenvalue weighted by Gasteiger charge is -2.09. The molecule has 0 unspecified atom stereocenters. The number of rotatable bonds is 5. The second kappa shape index (κ2) is 7.23. The number of aromatic nitrogens is 3. The van der Waals surface area contributed by atoms with Crippen molar-refractivity contribution in [1.29, 1.82) is 0 Å². The van der Waals surface area contributed by atoms with E-state index < -0.39 is 0 Å². The molecule has 6 nitrogen and oxygen atoms in total. The van der Waals surface area contributed by atoms with Crippen LogP contribution in [0.3, 0.4) is 0 Å². The van der Waals surface area contributed by atoms with E-state index in [1.807, 2.05) is 36.7 Å². The van der Waals surface area contributed by atoms with Crippen molar-refractivity contribution < 1.29 is 4.79 Å². The van der Waals surface area contributed by atoms with E-state index in [0.717, 1.165) is 15.9 Å². The van der Waals surface area contributed by atoms with E-state index in [9.17, 15) is 9.59 Å². The van der Waals surface area contributed by atoms with Crippen molar-refractivity contribution in [3.05, 3.63) is 62.9 Å². The molecular weight excluding hydrogens is 384 g/mol. The van der Waals surface area contributed by atoms with Crippen molar-refractivity contribution in [3.63, 3.8) is 0 Å². The van der Waals surface area contributed by atoms with Crippen LogP contribution in [0.4, 0.5) is 0 Å². The van der Waals surface area contributed by atoms with Gasteiger partial charge in [0.05, 0.1) is 23.8 Å². The van der Waals surface area contributed by atoms with E-state index >= 15 is 0 Å². The van der Waals surface area contributed by atoms with Gasteiger partial charge in [0.2, 0.25) is 5.91 Å². The summed E-state index contributed by atoms with van der Waals surface area (Å²) < 4.78 is 4.34. The summed E-state index contributed by atoms with van der Waals surface area (Å²) in [6.45, 7) is 2.79. The maximum absolute atomic E-state index is 12.5. The molecule has 0 saturated carbocycles. The number of carbonyl (C=O) groups is 1. The van der Waals surface area contributed by atoms with Crippen LogP contribution in [0.2, 0.25) is 0 Å². The molecule has 0 fully saturated rings. The van der Waals surface area contributed by atoms with Crippen molar-refractivity contribution >= 4 is 32.7 Å². The van der Waals surface area contributed by atoms with Gasteiger partial charge in [-0.1, -0.05) is 15.9 Å². The molecule has 0 radical (unpaired) electrons. The maximum Gasteiger partial charge on any atom is 0.261 e. The topological polar surface area (TPSA) is 68.9 Å². The van der Waals surface area contributed by atoms with Crippen LogP contribution in [0, 0.1) is 6.92 Å². The summed E-state index contributed by atoms with van der Waals surface area (Å²) in [5.41, 5.74) is 2.69. The molecule has 0 aliphatic carbocycles. The smallest absolute Gasteiger partial charge is 0.261 e. The molecule has 0 bridgehead atoms. The number of halogens is 1. The third-order valence-corrected chi connectivity index (χ3v) is 4.80. The van der Waals surface area contributed by atoms with Gasteiger partial charge in [0.25, 0.3) is 5.56 Å². The van der Waals surface area contributed by atoms with Gasteiger partial charge < -0.3 is 9.88 Å². The van der Waals surface area contributed by atoms with Crippen LogP contribution in [0.25, 0.3) is 10.9 Å². The third kappa shape index (κ3) is 3.82. The van der Waals surface area contributed by atoms with E-state index in [1.54, 1.807) is 12.1 Å². The Kier molecular flexibility index (Phi) is 5.03. The zero-order valence-corrected chi connectivity index (χ0v) is 15.7. The number of carbonyl (C=O) groups excluding carboxylic acids is 1. The number of fused-ring (bicyclic) bond motifs is 1. The van der Waals surface area contributed by atoms with Crippen LogP contribution in [-0.2, 0) is 24.9 Å². The Bertz CT molecular complexity index is 990. The van der Waals surface area contributed by atoms with Gasteiger partial charge in [-0.2, -0.15) is 0 Å². The lowest BCUT2D eigenvalue weighted by atomic mass is 10.2. The molecule has 25 heavy (non-hydrogen) atoms. The number of nitrogens with one attached hydrogen (secondary N) is 1. The van der Waals surface area contributed by atoms with Crippen molar-refractivity contribution in [2.75, 3.05) is 0 Å². The van der Waals surface area contributed by atoms with Gasteiger partial charge in [0.1, 0.15) is 0 Å². The Balaban J connectivity index is 1.64. The van der Waals surface area contributed by atoms with Crippen molar-refractivity contribution in [2.24, 2.45) is 7.05 Å². The maximum atomic E-state index is 12.5. The van der Waals surface area contributed by atoms with Gasteiger partial charge in [-0.3, -0.25) is 14.2 Å². The highest BCUT2D eigenvalue weighted by Gasteiger charge is 2.08. The third-order valence-electron chi connectivity index (χ3n) is 4.31. The van der Waals surface area contributed by atoms with Crippen LogP contribution in [0.5, 0.6) is 0 Å². The zero-order chi connectivity index (χ0) is 18.0. The number of benzene rings is 1. The van der Waals surface area contributed by atoms with E-state index in [1.165, 1.54) is 10.9 Å². The Hall–Kier alpha value is -2.41. The molecule has 130 valence electrons. The van der Waals surface area contributed by atoms with Crippen LogP contribution in [0.1, 0.15) is 17.8 Å². The van der Waals surface area contributed by atoms with Gasteiger partial charge in [-0.05, 0) is 37.3 Å². The molecule has 2 heterocycles. The van der Waals surface area contributed by atoms with Crippen molar-refractivity contribution in [2.45, 2.75) is 26.4 Å². The summed E-state index contributed by atoms with van der Waals surface area (Å²) in [6, 6.07) is 9.39. The molecule has 0 saturated heterocycles. The second-order valence-corrected chi connectivity index (χ2v) is 6.87. The standard InChI is InChI=1S/C18H19BrN4O2/c1-12-3-5-14(22(12)2)10-20-17(24)7-8-23-11-21-16-6-4-13(19)9-15(16)18(23)25/h3-6,9,11H,7-8,10H2,1-2H3,(H,20,24). The van der Waals surface area contributed by atoms with Crippen LogP contribution in [0.15, 0.2) is 45.9 Å². The molecule has 1 N–H and O–H groups in total. The summed E-state index contributed by atoms with van der Waals surface area (Å²) in [4.78, 5) is 28.8. The van der Waals surface area contributed by atoms with Gasteiger partial charge in [0, 0.05) is 35.9 Å². The van der Waals surface area contributed by atoms with Gasteiger partial charge >= 0.3 is 0 Å². The number of aryl methyl sites for hydroxylation is 2. The summed E-state index contributed by atoms with van der Waals surface area (Å²) >= 11 is 3.36. The van der Waals surface area contributed by atoms with Crippen molar-refractivity contribution in [3.8, 4) is 0 Å². The van der Waals surface area contributed by atoms with Crippen LogP contribution < -0.4 is 10.9 Å². The van der Waals surface area contributed by atoms with Gasteiger partial charge in [-0.25, -0.2) is 4.98 Å². The highest BCUT2D eigenvalue weighted by atomic mass is 79.9. The molecule has 0 aliphatic rings. The molecule has 7 heteroatoms. The first kappa shape index (κ1) is 17.4. The molecule has 3 aromatic rings. The van der Waals surface area contributed by atoms with E-state index in [4.69, 9.17) is 0 Å². The minimum atomic E-state index is -0.142. The van der Waals surface area contributed by atoms with Crippen LogP contribution >= 0.6 is 15.9 Å². The van der Waals surface area contributed by atoms with E-state index in [2.05, 4.69) is 26.2 Å². The summed E-state index contributed by atoms with van der Waals surface area (Å²) in [5.74, 6) is -0.0971. The van der Waals surface area contributed by atoms with Gasteiger partial charge in [-0.15, -0.1) is 0 Å². The molecule has 0 spiro atoms. The normalized spacial score (nSPS) is 11.0. The Labute approximate surface area is 153 Å². The zero-order valence-electron chi connectivity index (χ0n) is 14.1. The molecule has 1 aromatic carbocycles. The molecule has 3 rings (SSSR count). The number of amides is 1. The summed E-state index contributed by atoms with van der Waals surface area (Å²) in [6.07, 6.45) is 1.72. The van der Waals surface area contributed by atoms with Crippen molar-refractivity contribution in [1.82, 2.24) is 19.4 Å². The Morgan fingerprint density at radius 3 is 2.80 bits per heavy atom. The predicted octanol–water partition coefficient (Wildman–Crippen LogP) is 2.51. The first-order valence-corrected chi connectivity index (χ1v) is 8.77. The monoisotopic (exact) mass is 402 g/mol.